The lowest BCUT2D eigenvalue weighted by atomic mass is 9.87. The third-order valence-corrected chi connectivity index (χ3v) is 3.70. The van der Waals surface area contributed by atoms with E-state index in [4.69, 9.17) is 11.6 Å². The number of hydrogen-bond donors (Lipinski definition) is 2. The van der Waals surface area contributed by atoms with E-state index in [0.29, 0.717) is 23.7 Å². The van der Waals surface area contributed by atoms with Crippen LogP contribution in [0.15, 0.2) is 30.3 Å². The van der Waals surface area contributed by atoms with Gasteiger partial charge in [0.1, 0.15) is 5.15 Å². The monoisotopic (exact) mass is 320 g/mol. The molecule has 22 heavy (non-hydrogen) atoms. The van der Waals surface area contributed by atoms with Crippen molar-refractivity contribution in [3.63, 3.8) is 0 Å². The van der Waals surface area contributed by atoms with Crippen LogP contribution in [-0.4, -0.2) is 28.6 Å². The molecule has 1 amide bonds. The lowest BCUT2D eigenvalue weighted by molar-refractivity contribution is 0.0902. The molecule has 0 saturated heterocycles. The van der Waals surface area contributed by atoms with E-state index in [-0.39, 0.29) is 17.4 Å². The Hall–Kier alpha value is -1.65. The SMILES string of the molecule is CC(O)CC(C)(C)CNC(=O)c1ccc2nc(Cl)ccc2c1. The number of carbonyl (C=O) groups is 1. The van der Waals surface area contributed by atoms with Crippen molar-refractivity contribution in [2.24, 2.45) is 5.41 Å². The van der Waals surface area contributed by atoms with Crippen LogP contribution in [0.2, 0.25) is 5.15 Å². The molecule has 0 radical (unpaired) electrons. The minimum Gasteiger partial charge on any atom is -0.393 e. The van der Waals surface area contributed by atoms with Crippen molar-refractivity contribution in [3.8, 4) is 0 Å². The highest BCUT2D eigenvalue weighted by atomic mass is 35.5. The number of benzene rings is 1. The van der Waals surface area contributed by atoms with E-state index < -0.39 is 0 Å². The van der Waals surface area contributed by atoms with Crippen LogP contribution in [0.4, 0.5) is 0 Å². The first-order valence-electron chi connectivity index (χ1n) is 7.29. The van der Waals surface area contributed by atoms with Crippen LogP contribution in [0.5, 0.6) is 0 Å². The Balaban J connectivity index is 2.08. The third kappa shape index (κ3) is 4.42. The molecule has 1 unspecified atom stereocenters. The summed E-state index contributed by atoms with van der Waals surface area (Å²) in [4.78, 5) is 16.5. The van der Waals surface area contributed by atoms with Gasteiger partial charge in [-0.2, -0.15) is 0 Å². The molecule has 1 aromatic carbocycles. The Morgan fingerprint density at radius 3 is 2.77 bits per heavy atom. The quantitative estimate of drug-likeness (QED) is 0.830. The summed E-state index contributed by atoms with van der Waals surface area (Å²) in [5.74, 6) is -0.129. The molecular formula is C17H21ClN2O2. The van der Waals surface area contributed by atoms with Gasteiger partial charge in [-0.15, -0.1) is 0 Å². The Bertz CT molecular complexity index is 683. The maximum atomic E-state index is 12.3. The Labute approximate surface area is 135 Å². The summed E-state index contributed by atoms with van der Waals surface area (Å²) in [7, 11) is 0. The minimum atomic E-state index is -0.386. The average Bonchev–Trinajstić information content (AvgIpc) is 2.43. The van der Waals surface area contributed by atoms with Crippen LogP contribution in [0, 0.1) is 5.41 Å². The highest BCUT2D eigenvalue weighted by molar-refractivity contribution is 6.29. The van der Waals surface area contributed by atoms with Gasteiger partial charge in [0, 0.05) is 17.5 Å². The summed E-state index contributed by atoms with van der Waals surface area (Å²) in [5, 5.41) is 13.7. The zero-order valence-electron chi connectivity index (χ0n) is 13.1. The van der Waals surface area contributed by atoms with E-state index in [1.165, 1.54) is 0 Å². The van der Waals surface area contributed by atoms with Crippen LogP contribution in [0.3, 0.4) is 0 Å². The fourth-order valence-electron chi connectivity index (χ4n) is 2.54. The summed E-state index contributed by atoms with van der Waals surface area (Å²) in [6.45, 7) is 6.30. The number of pyridine rings is 1. The zero-order valence-corrected chi connectivity index (χ0v) is 13.8. The number of aliphatic hydroxyl groups is 1. The largest absolute Gasteiger partial charge is 0.393 e. The van der Waals surface area contributed by atoms with Crippen molar-refractivity contribution in [2.45, 2.75) is 33.3 Å². The van der Waals surface area contributed by atoms with Gasteiger partial charge in [-0.25, -0.2) is 4.98 Å². The molecule has 2 aromatic rings. The Morgan fingerprint density at radius 2 is 2.09 bits per heavy atom. The Kier molecular flexibility index (Phi) is 5.04. The van der Waals surface area contributed by atoms with E-state index in [1.54, 1.807) is 31.2 Å². The van der Waals surface area contributed by atoms with Crippen molar-refractivity contribution < 1.29 is 9.90 Å². The van der Waals surface area contributed by atoms with Gasteiger partial charge in [-0.05, 0) is 49.1 Å². The molecule has 5 heteroatoms. The molecular weight excluding hydrogens is 300 g/mol. The van der Waals surface area contributed by atoms with Crippen molar-refractivity contribution in [1.29, 1.82) is 0 Å². The molecule has 0 aliphatic rings. The standard InChI is InChI=1S/C17H21ClN2O2/c1-11(21)9-17(2,3)10-19-16(22)13-4-6-14-12(8-13)5-7-15(18)20-14/h4-8,11,21H,9-10H2,1-3H3,(H,19,22). The summed E-state index contributed by atoms with van der Waals surface area (Å²) in [5.41, 5.74) is 1.19. The lowest BCUT2D eigenvalue weighted by Crippen LogP contribution is -2.35. The molecule has 2 N–H and O–H groups in total. The average molecular weight is 321 g/mol. The number of nitrogens with one attached hydrogen (secondary N) is 1. The lowest BCUT2D eigenvalue weighted by Gasteiger charge is -2.26. The molecule has 0 saturated carbocycles. The maximum Gasteiger partial charge on any atom is 0.251 e. The summed E-state index contributed by atoms with van der Waals surface area (Å²) in [6, 6.07) is 8.88. The van der Waals surface area contributed by atoms with E-state index in [2.05, 4.69) is 10.3 Å². The predicted molar refractivity (Wildman–Crippen MR) is 89.2 cm³/mol. The van der Waals surface area contributed by atoms with Crippen molar-refractivity contribution >= 4 is 28.4 Å². The van der Waals surface area contributed by atoms with Gasteiger partial charge in [0.2, 0.25) is 0 Å². The predicted octanol–water partition coefficient (Wildman–Crippen LogP) is 3.42. The highest BCUT2D eigenvalue weighted by Gasteiger charge is 2.21. The second-order valence-corrected chi connectivity index (χ2v) is 6.83. The van der Waals surface area contributed by atoms with Crippen LogP contribution in [0.1, 0.15) is 37.6 Å². The zero-order chi connectivity index (χ0) is 16.3. The van der Waals surface area contributed by atoms with E-state index in [1.807, 2.05) is 19.9 Å². The van der Waals surface area contributed by atoms with Crippen LogP contribution >= 0.6 is 11.6 Å². The number of amides is 1. The van der Waals surface area contributed by atoms with Crippen molar-refractivity contribution in [1.82, 2.24) is 10.3 Å². The van der Waals surface area contributed by atoms with Gasteiger partial charge in [0.05, 0.1) is 11.6 Å². The minimum absolute atomic E-state index is 0.129. The van der Waals surface area contributed by atoms with Gasteiger partial charge < -0.3 is 10.4 Å². The molecule has 1 heterocycles. The van der Waals surface area contributed by atoms with Crippen LogP contribution < -0.4 is 5.32 Å². The second kappa shape index (κ2) is 6.63. The van der Waals surface area contributed by atoms with Crippen LogP contribution in [0.25, 0.3) is 10.9 Å². The molecule has 0 aliphatic heterocycles. The highest BCUT2D eigenvalue weighted by Crippen LogP contribution is 2.22. The van der Waals surface area contributed by atoms with E-state index in [0.717, 1.165) is 10.9 Å². The fraction of sp³-hybridized carbons (Fsp3) is 0.412. The maximum absolute atomic E-state index is 12.3. The number of aromatic nitrogens is 1. The fourth-order valence-corrected chi connectivity index (χ4v) is 2.69. The molecule has 0 spiro atoms. The summed E-state index contributed by atoms with van der Waals surface area (Å²) < 4.78 is 0. The number of halogens is 1. The van der Waals surface area contributed by atoms with Crippen molar-refractivity contribution in [3.05, 3.63) is 41.0 Å². The number of nitrogens with zero attached hydrogens (tertiary/aromatic N) is 1. The molecule has 118 valence electrons. The van der Waals surface area contributed by atoms with Gasteiger partial charge in [0.15, 0.2) is 0 Å². The number of rotatable bonds is 5. The van der Waals surface area contributed by atoms with E-state index >= 15 is 0 Å². The number of hydrogen-bond acceptors (Lipinski definition) is 3. The van der Waals surface area contributed by atoms with E-state index in [9.17, 15) is 9.90 Å². The summed E-state index contributed by atoms with van der Waals surface area (Å²) in [6.07, 6.45) is 0.247. The molecule has 4 nitrogen and oxygen atoms in total. The normalized spacial score (nSPS) is 13.1. The molecule has 0 bridgehead atoms. The summed E-state index contributed by atoms with van der Waals surface area (Å²) >= 11 is 5.85. The topological polar surface area (TPSA) is 62.2 Å². The number of aliphatic hydroxyl groups excluding tert-OH is 1. The second-order valence-electron chi connectivity index (χ2n) is 6.44. The van der Waals surface area contributed by atoms with Gasteiger partial charge in [0.25, 0.3) is 5.91 Å². The number of fused-ring (bicyclic) bond motifs is 1. The third-order valence-electron chi connectivity index (χ3n) is 3.49. The Morgan fingerprint density at radius 1 is 1.36 bits per heavy atom. The molecule has 0 aliphatic carbocycles. The van der Waals surface area contributed by atoms with Crippen molar-refractivity contribution in [2.75, 3.05) is 6.54 Å². The van der Waals surface area contributed by atoms with Gasteiger partial charge >= 0.3 is 0 Å². The molecule has 0 fully saturated rings. The number of carbonyl (C=O) groups excluding carboxylic acids is 1. The molecule has 1 aromatic heterocycles. The molecule has 1 atom stereocenters. The first-order chi connectivity index (χ1) is 10.3. The first-order valence-corrected chi connectivity index (χ1v) is 7.67. The smallest absolute Gasteiger partial charge is 0.251 e. The van der Waals surface area contributed by atoms with Crippen LogP contribution in [-0.2, 0) is 0 Å². The van der Waals surface area contributed by atoms with Gasteiger partial charge in [-0.1, -0.05) is 25.4 Å². The van der Waals surface area contributed by atoms with Gasteiger partial charge in [-0.3, -0.25) is 4.79 Å². The molecule has 2 rings (SSSR count). The first kappa shape index (κ1) is 16.7.